The Balaban J connectivity index is 3.32. The van der Waals surface area contributed by atoms with E-state index in [4.69, 9.17) is 0 Å². The first-order chi connectivity index (χ1) is 5.91. The summed E-state index contributed by atoms with van der Waals surface area (Å²) in [7, 11) is 0. The number of hydrogen-bond acceptors (Lipinski definition) is 4. The van der Waals surface area contributed by atoms with Crippen LogP contribution in [0.4, 0.5) is 0 Å². The quantitative estimate of drug-likeness (QED) is 0.447. The molecule has 0 radical (unpaired) electrons. The summed E-state index contributed by atoms with van der Waals surface area (Å²) in [5, 5.41) is 13.5. The van der Waals surface area contributed by atoms with Gasteiger partial charge in [-0.3, -0.25) is 0 Å². The van der Waals surface area contributed by atoms with Crippen molar-refractivity contribution in [3.8, 4) is 0 Å². The first kappa shape index (κ1) is 11.3. The predicted octanol–water partition coefficient (Wildman–Crippen LogP) is 1.64. The minimum atomic E-state index is -1.39. The summed E-state index contributed by atoms with van der Waals surface area (Å²) in [4.78, 5) is 0. The summed E-state index contributed by atoms with van der Waals surface area (Å²) in [5.41, 5.74) is 2.09. The summed E-state index contributed by atoms with van der Waals surface area (Å²) in [6, 6.07) is 0. The molecule has 0 heterocycles. The van der Waals surface area contributed by atoms with Crippen molar-refractivity contribution in [1.29, 1.82) is 0 Å². The van der Waals surface area contributed by atoms with E-state index in [1.54, 1.807) is 0 Å². The summed E-state index contributed by atoms with van der Waals surface area (Å²) in [6.07, 6.45) is 2.06. The topological polar surface area (TPSA) is 90.9 Å². The number of unbranched alkanes of at least 4 members (excludes halogenated alkanes) is 1. The molecule has 0 aromatic heterocycles. The van der Waals surface area contributed by atoms with Crippen molar-refractivity contribution in [3.63, 3.8) is 0 Å². The molecule has 0 amide bonds. The van der Waals surface area contributed by atoms with Crippen LogP contribution in [0.1, 0.15) is 19.8 Å². The van der Waals surface area contributed by atoms with Crippen LogP contribution in [0.3, 0.4) is 0 Å². The van der Waals surface area contributed by atoms with Gasteiger partial charge in [0.2, 0.25) is 0 Å². The van der Waals surface area contributed by atoms with E-state index in [2.05, 4.69) is 36.8 Å². The molecule has 0 fully saturated rings. The molecule has 0 aromatic rings. The maximum absolute atomic E-state index is 9.83. The molecule has 0 rings (SSSR count). The van der Waals surface area contributed by atoms with Gasteiger partial charge < -0.3 is 0 Å². The predicted molar refractivity (Wildman–Crippen MR) is 35.7 cm³/mol. The van der Waals surface area contributed by atoms with Crippen LogP contribution in [0.5, 0.6) is 0 Å². The van der Waals surface area contributed by atoms with Crippen LogP contribution in [-0.4, -0.2) is 6.54 Å². The van der Waals surface area contributed by atoms with Gasteiger partial charge in [-0.25, -0.2) is 0 Å². The van der Waals surface area contributed by atoms with Crippen molar-refractivity contribution in [1.82, 2.24) is 5.53 Å². The Morgan fingerprint density at radius 2 is 2.25 bits per heavy atom. The number of nitrogens with one attached hydrogen (secondary N) is 1. The van der Waals surface area contributed by atoms with Crippen LogP contribution in [0.25, 0.3) is 0 Å². The number of rotatable bonds is 6. The van der Waals surface area contributed by atoms with E-state index in [1.165, 1.54) is 0 Å². The number of nitrogens with zero attached hydrogens (tertiary/aromatic N) is 5. The Morgan fingerprint density at radius 3 is 2.92 bits per heavy atom. The Kier molecular flexibility index (Phi) is 9.68. The molecule has 0 aliphatic rings. The van der Waals surface area contributed by atoms with E-state index in [-0.39, 0.29) is 0 Å². The van der Waals surface area contributed by atoms with E-state index in [0.717, 1.165) is 12.8 Å². The molecule has 0 aromatic carbocycles. The van der Waals surface area contributed by atoms with Crippen LogP contribution < -0.4 is 5.53 Å². The minimum absolute atomic E-state index is 0.654. The van der Waals surface area contributed by atoms with Crippen LogP contribution in [0.2, 0.25) is 0 Å². The van der Waals surface area contributed by atoms with Gasteiger partial charge in [0, 0.05) is 0 Å². The Hall–Kier alpha value is -0.712. The van der Waals surface area contributed by atoms with E-state index in [9.17, 15) is 3.40 Å². The maximum atomic E-state index is 9.83. The number of hydrogen-bond donors (Lipinski definition) is 1. The summed E-state index contributed by atoms with van der Waals surface area (Å²) in [5.74, 6) is 0. The average Bonchev–Trinajstić information content (AvgIpc) is 2.10. The second kappa shape index (κ2) is 10.3. The summed E-state index contributed by atoms with van der Waals surface area (Å²) >= 11 is -1.39. The molecule has 12 heavy (non-hydrogen) atoms. The zero-order chi connectivity index (χ0) is 9.07. The molecule has 8 heteroatoms. The van der Waals surface area contributed by atoms with Gasteiger partial charge in [0.1, 0.15) is 0 Å². The third-order valence-corrected chi connectivity index (χ3v) is 1.30. The molecule has 1 N–H and O–H groups in total. The molecule has 0 aliphatic heterocycles. The van der Waals surface area contributed by atoms with Gasteiger partial charge >= 0.3 is 78.0 Å². The van der Waals surface area contributed by atoms with Gasteiger partial charge in [-0.1, -0.05) is 0 Å². The van der Waals surface area contributed by atoms with Crippen LogP contribution in [0.15, 0.2) is 24.4 Å². The van der Waals surface area contributed by atoms with Crippen molar-refractivity contribution < 1.29 is 21.7 Å². The average molecular weight is 353 g/mol. The first-order valence-corrected chi connectivity index (χ1v) is 5.28. The Bertz CT molecular complexity index is 198. The fourth-order valence-electron chi connectivity index (χ4n) is 0.369. The van der Waals surface area contributed by atoms with E-state index in [1.807, 2.05) is 0 Å². The molecule has 0 atom stereocenters. The third-order valence-electron chi connectivity index (χ3n) is 0.865. The third kappa shape index (κ3) is 9.29. The molecule has 0 unspecified atom stereocenters. The fourth-order valence-corrected chi connectivity index (χ4v) is 0.563. The normalized spacial score (nSPS) is 11.4. The van der Waals surface area contributed by atoms with Crippen molar-refractivity contribution in [2.75, 3.05) is 6.54 Å². The van der Waals surface area contributed by atoms with Gasteiger partial charge in [-0.05, 0) is 0 Å². The first-order valence-electron chi connectivity index (χ1n) is 3.34. The Labute approximate surface area is 78.4 Å². The standard InChI is InChI=1S/C4H10N6.O.Pt/c1-2-3-4-6-8-10-9-7-5;;/h2-4H2,1H3,(H,6,7,10);;. The van der Waals surface area contributed by atoms with E-state index in [0.29, 0.717) is 6.54 Å². The van der Waals surface area contributed by atoms with Gasteiger partial charge in [-0.15, -0.1) is 0 Å². The molecule has 0 bridgehead atoms. The zero-order valence-corrected chi connectivity index (χ0v) is 8.85. The van der Waals surface area contributed by atoms with Crippen molar-refractivity contribution in [3.05, 3.63) is 0 Å². The van der Waals surface area contributed by atoms with Crippen molar-refractivity contribution in [2.24, 2.45) is 24.4 Å². The molecule has 0 saturated carbocycles. The second-order valence-electron chi connectivity index (χ2n) is 1.73. The zero-order valence-electron chi connectivity index (χ0n) is 6.58. The van der Waals surface area contributed by atoms with Crippen LogP contribution in [0, 0.1) is 0 Å². The summed E-state index contributed by atoms with van der Waals surface area (Å²) < 4.78 is 13.1. The molecule has 72 valence electrons. The SMILES string of the molecule is CCCCN=NN=NN[N]=[Pt]=[O]. The molecule has 0 spiro atoms. The van der Waals surface area contributed by atoms with E-state index >= 15 is 0 Å². The van der Waals surface area contributed by atoms with Gasteiger partial charge in [0.15, 0.2) is 0 Å². The van der Waals surface area contributed by atoms with Gasteiger partial charge in [0.25, 0.3) is 0 Å². The van der Waals surface area contributed by atoms with Gasteiger partial charge in [-0.2, -0.15) is 0 Å². The molecule has 0 saturated heterocycles. The molecular formula is C4H10N6OPt. The van der Waals surface area contributed by atoms with Crippen LogP contribution >= 0.6 is 0 Å². The van der Waals surface area contributed by atoms with Crippen molar-refractivity contribution in [2.45, 2.75) is 19.8 Å². The fraction of sp³-hybridized carbons (Fsp3) is 1.00. The molecule has 0 aliphatic carbocycles. The van der Waals surface area contributed by atoms with E-state index < -0.39 is 18.3 Å². The Morgan fingerprint density at radius 1 is 1.42 bits per heavy atom. The van der Waals surface area contributed by atoms with Gasteiger partial charge in [0.05, 0.1) is 0 Å². The molecular weight excluding hydrogens is 343 g/mol. The second-order valence-corrected chi connectivity index (χ2v) is 2.65. The molecule has 7 nitrogen and oxygen atoms in total. The van der Waals surface area contributed by atoms with Crippen molar-refractivity contribution >= 4 is 0 Å². The summed E-state index contributed by atoms with van der Waals surface area (Å²) in [6.45, 7) is 2.72. The van der Waals surface area contributed by atoms with Crippen LogP contribution in [-0.2, 0) is 21.7 Å². The monoisotopic (exact) mass is 353 g/mol.